The number of aromatic nitrogens is 2. The van der Waals surface area contributed by atoms with Gasteiger partial charge in [-0.2, -0.15) is 5.10 Å². The normalized spacial score (nSPS) is 16.6. The summed E-state index contributed by atoms with van der Waals surface area (Å²) in [7, 11) is 0. The van der Waals surface area contributed by atoms with E-state index in [1.807, 2.05) is 19.9 Å². The number of nitrogens with zero attached hydrogens (tertiary/aromatic N) is 2. The lowest BCUT2D eigenvalue weighted by molar-refractivity contribution is -0.274. The van der Waals surface area contributed by atoms with Gasteiger partial charge in [-0.05, 0) is 54.8 Å². The van der Waals surface area contributed by atoms with Crippen LogP contribution in [0.25, 0.3) is 5.57 Å². The minimum absolute atomic E-state index is 0.141. The summed E-state index contributed by atoms with van der Waals surface area (Å²) in [4.78, 5) is 14.7. The quantitative estimate of drug-likeness (QED) is 0.445. The molecule has 10 heteroatoms. The number of dihydropyridines is 1. The molecular weight excluding hydrogens is 447 g/mol. The van der Waals surface area contributed by atoms with Crippen molar-refractivity contribution >= 4 is 23.3 Å². The Labute approximate surface area is 196 Å². The number of ether oxygens (including phenoxy) is 1. The molecule has 1 aromatic carbocycles. The molecule has 0 fully saturated rings. The number of halogens is 3. The highest BCUT2D eigenvalue weighted by Gasteiger charge is 2.31. The third-order valence-electron chi connectivity index (χ3n) is 4.69. The molecule has 0 radical (unpaired) electrons. The van der Waals surface area contributed by atoms with E-state index in [9.17, 15) is 18.0 Å². The van der Waals surface area contributed by atoms with Gasteiger partial charge < -0.3 is 15.8 Å². The number of aromatic amines is 1. The lowest BCUT2D eigenvalue weighted by atomic mass is 9.93. The van der Waals surface area contributed by atoms with Crippen LogP contribution in [0, 0.1) is 0 Å². The number of anilines is 1. The maximum absolute atomic E-state index is 12.3. The molecule has 7 nitrogen and oxygen atoms in total. The number of carbonyl (C=O) groups excluding carboxylic acids is 1. The second-order valence-corrected chi connectivity index (χ2v) is 7.20. The van der Waals surface area contributed by atoms with Crippen molar-refractivity contribution in [1.29, 1.82) is 0 Å². The van der Waals surface area contributed by atoms with Crippen LogP contribution in [-0.4, -0.2) is 34.7 Å². The van der Waals surface area contributed by atoms with Crippen LogP contribution in [0.1, 0.15) is 38.7 Å². The van der Waals surface area contributed by atoms with Crippen LogP contribution in [0.5, 0.6) is 5.75 Å². The average Bonchev–Trinajstić information content (AvgIpc) is 3.34. The Kier molecular flexibility index (Phi) is 9.66. The summed E-state index contributed by atoms with van der Waals surface area (Å²) in [5.41, 5.74) is 10.0. The molecule has 1 aromatic heterocycles. The van der Waals surface area contributed by atoms with Crippen molar-refractivity contribution in [2.24, 2.45) is 10.7 Å². The molecule has 2 heterocycles. The summed E-state index contributed by atoms with van der Waals surface area (Å²) in [5, 5.41) is 9.92. The zero-order chi connectivity index (χ0) is 25.1. The number of rotatable bonds is 8. The molecule has 0 bridgehead atoms. The molecule has 1 aliphatic rings. The highest BCUT2D eigenvalue weighted by Crippen LogP contribution is 2.32. The zero-order valence-corrected chi connectivity index (χ0v) is 19.0. The number of alkyl halides is 3. The number of aliphatic imine (C=N–C) groups is 1. The number of benzene rings is 1. The van der Waals surface area contributed by atoms with Crippen LogP contribution in [0.3, 0.4) is 0 Å². The summed E-state index contributed by atoms with van der Waals surface area (Å²) in [6.07, 6.45) is 5.30. The van der Waals surface area contributed by atoms with Crippen LogP contribution in [-0.2, 0) is 4.79 Å². The van der Waals surface area contributed by atoms with Crippen LogP contribution >= 0.6 is 0 Å². The molecule has 4 N–H and O–H groups in total. The summed E-state index contributed by atoms with van der Waals surface area (Å²) < 4.78 is 40.7. The van der Waals surface area contributed by atoms with E-state index in [2.05, 4.69) is 31.8 Å². The van der Waals surface area contributed by atoms with Crippen molar-refractivity contribution in [1.82, 2.24) is 10.2 Å². The van der Waals surface area contributed by atoms with Gasteiger partial charge in [0.1, 0.15) is 11.9 Å². The first-order chi connectivity index (χ1) is 16.2. The first-order valence-corrected chi connectivity index (χ1v) is 10.7. The van der Waals surface area contributed by atoms with E-state index < -0.39 is 12.5 Å². The molecule has 1 unspecified atom stereocenters. The Morgan fingerprint density at radius 2 is 2.00 bits per heavy atom. The molecule has 0 saturated heterocycles. The Morgan fingerprint density at radius 3 is 2.50 bits per heavy atom. The van der Waals surface area contributed by atoms with Crippen LogP contribution in [0.2, 0.25) is 0 Å². The van der Waals surface area contributed by atoms with Gasteiger partial charge in [-0.1, -0.05) is 20.4 Å². The van der Waals surface area contributed by atoms with Gasteiger partial charge in [-0.15, -0.1) is 13.2 Å². The van der Waals surface area contributed by atoms with Gasteiger partial charge in [-0.25, -0.2) is 0 Å². The van der Waals surface area contributed by atoms with Gasteiger partial charge in [-0.3, -0.25) is 14.9 Å². The second-order valence-electron chi connectivity index (χ2n) is 7.20. The number of allylic oxidation sites excluding steroid dienone is 3. The molecule has 2 aromatic rings. The van der Waals surface area contributed by atoms with E-state index >= 15 is 0 Å². The number of ketones is 1. The van der Waals surface area contributed by atoms with Gasteiger partial charge >= 0.3 is 6.36 Å². The maximum Gasteiger partial charge on any atom is 0.573 e. The molecule has 0 amide bonds. The van der Waals surface area contributed by atoms with E-state index in [0.717, 1.165) is 23.1 Å². The Morgan fingerprint density at radius 1 is 1.29 bits per heavy atom. The topological polar surface area (TPSA) is 105 Å². The lowest BCUT2D eigenvalue weighted by Gasteiger charge is -2.25. The van der Waals surface area contributed by atoms with E-state index in [4.69, 9.17) is 5.73 Å². The molecule has 182 valence electrons. The molecule has 0 aliphatic carbocycles. The first-order valence-electron chi connectivity index (χ1n) is 10.7. The van der Waals surface area contributed by atoms with Crippen molar-refractivity contribution in [3.05, 3.63) is 72.2 Å². The van der Waals surface area contributed by atoms with Crippen molar-refractivity contribution in [3.8, 4) is 5.75 Å². The minimum atomic E-state index is -4.72. The predicted octanol–water partition coefficient (Wildman–Crippen LogP) is 5.38. The van der Waals surface area contributed by atoms with Gasteiger partial charge in [0.25, 0.3) is 0 Å². The summed E-state index contributed by atoms with van der Waals surface area (Å²) >= 11 is 0. The van der Waals surface area contributed by atoms with Crippen molar-refractivity contribution in [2.45, 2.75) is 45.6 Å². The fraction of sp³-hybridized carbons (Fsp3) is 0.292. The minimum Gasteiger partial charge on any atom is -0.406 e. The largest absolute Gasteiger partial charge is 0.573 e. The number of hydrogen-bond acceptors (Lipinski definition) is 6. The lowest BCUT2D eigenvalue weighted by Crippen LogP contribution is -2.26. The van der Waals surface area contributed by atoms with E-state index in [1.165, 1.54) is 30.3 Å². The summed E-state index contributed by atoms with van der Waals surface area (Å²) in [6.45, 7) is 7.24. The van der Waals surface area contributed by atoms with Gasteiger partial charge in [0.15, 0.2) is 5.78 Å². The Bertz CT molecular complexity index is 1040. The highest BCUT2D eigenvalue weighted by molar-refractivity contribution is 5.95. The van der Waals surface area contributed by atoms with Gasteiger partial charge in [0.05, 0.1) is 6.20 Å². The molecule has 0 saturated carbocycles. The van der Waals surface area contributed by atoms with Crippen LogP contribution < -0.4 is 15.8 Å². The number of H-pyrrole nitrogens is 1. The maximum atomic E-state index is 12.3. The molecule has 34 heavy (non-hydrogen) atoms. The molecule has 1 aliphatic heterocycles. The summed E-state index contributed by atoms with van der Waals surface area (Å²) in [6, 6.07) is 5.46. The third-order valence-corrected chi connectivity index (χ3v) is 4.69. The summed E-state index contributed by atoms with van der Waals surface area (Å²) in [5.74, 6) is -0.148. The van der Waals surface area contributed by atoms with Crippen LogP contribution in [0.15, 0.2) is 71.7 Å². The molecule has 0 spiro atoms. The van der Waals surface area contributed by atoms with Crippen LogP contribution in [0.4, 0.5) is 18.9 Å². The fourth-order valence-electron chi connectivity index (χ4n) is 3.07. The first kappa shape index (κ1) is 26.4. The number of nitrogens with two attached hydrogens (primary N) is 1. The number of nitrogens with one attached hydrogen (secondary N) is 2. The van der Waals surface area contributed by atoms with Crippen molar-refractivity contribution < 1.29 is 22.7 Å². The smallest absolute Gasteiger partial charge is 0.406 e. The third kappa shape index (κ3) is 7.95. The van der Waals surface area contributed by atoms with E-state index in [0.29, 0.717) is 24.2 Å². The van der Waals surface area contributed by atoms with E-state index in [-0.39, 0.29) is 11.5 Å². The SMILES string of the molecule is C=CC(=O)CCC.CC/C(N)=C1\C(c2cn[nH]c2)=CC=NC1Nc1ccc(OC(F)(F)F)cc1. The molecular formula is C24H28F3N5O2. The van der Waals surface area contributed by atoms with Crippen molar-refractivity contribution in [2.75, 3.05) is 5.32 Å². The van der Waals surface area contributed by atoms with E-state index in [1.54, 1.807) is 18.6 Å². The average molecular weight is 476 g/mol. The predicted molar refractivity (Wildman–Crippen MR) is 127 cm³/mol. The fourth-order valence-corrected chi connectivity index (χ4v) is 3.07. The Hall–Kier alpha value is -3.82. The van der Waals surface area contributed by atoms with Gasteiger partial charge in [0.2, 0.25) is 0 Å². The molecule has 3 rings (SSSR count). The monoisotopic (exact) mass is 475 g/mol. The van der Waals surface area contributed by atoms with Crippen molar-refractivity contribution in [3.63, 3.8) is 0 Å². The number of hydrogen-bond donors (Lipinski definition) is 3. The molecule has 1 atom stereocenters. The highest BCUT2D eigenvalue weighted by atomic mass is 19.4. The zero-order valence-electron chi connectivity index (χ0n) is 19.0. The Balaban J connectivity index is 0.000000509. The standard InChI is InChI=1S/C18H18F3N5O.C6H10O/c1-2-15(22)16-14(11-9-24-25-10-11)7-8-23-17(16)26-12-3-5-13(6-4-12)27-18(19,20)21;1-3-5-6(7)4-2/h3-10,17,26H,2,22H2,1H3,(H,24,25);4H,2-3,5H2,1H3/b16-15-;. The van der Waals surface area contributed by atoms with Gasteiger partial charge in [0, 0.05) is 41.4 Å². The second kappa shape index (κ2) is 12.4. The number of carbonyl (C=O) groups is 1.